The predicted octanol–water partition coefficient (Wildman–Crippen LogP) is 3.21. The molecule has 1 N–H and O–H groups in total. The van der Waals surface area contributed by atoms with Gasteiger partial charge in [-0.2, -0.15) is 0 Å². The van der Waals surface area contributed by atoms with Crippen molar-refractivity contribution < 1.29 is 23.5 Å². The molecular weight excluding hydrogens is 389 g/mol. The van der Waals surface area contributed by atoms with Gasteiger partial charge in [-0.3, -0.25) is 19.5 Å². The fourth-order valence-electron chi connectivity index (χ4n) is 3.37. The Morgan fingerprint density at radius 3 is 2.77 bits per heavy atom. The number of amides is 2. The van der Waals surface area contributed by atoms with Crippen molar-refractivity contribution in [3.63, 3.8) is 0 Å². The number of esters is 1. The third-order valence-corrected chi connectivity index (χ3v) is 4.86. The Bertz CT molecular complexity index is 1190. The van der Waals surface area contributed by atoms with E-state index in [1.54, 1.807) is 37.3 Å². The zero-order valence-electron chi connectivity index (χ0n) is 16.3. The molecule has 0 fully saturated rings. The molecule has 0 aliphatic carbocycles. The SMILES string of the molecule is Cc1nc2cc(F)ccc2cc1C(=O)O[C@@H](C)C(=O)N1CC(=O)Nc2ccccc21. The van der Waals surface area contributed by atoms with Crippen molar-refractivity contribution in [3.8, 4) is 0 Å². The van der Waals surface area contributed by atoms with Crippen LogP contribution in [0.4, 0.5) is 15.8 Å². The second-order valence-corrected chi connectivity index (χ2v) is 7.00. The van der Waals surface area contributed by atoms with Crippen molar-refractivity contribution in [2.75, 3.05) is 16.8 Å². The molecule has 7 nitrogen and oxygen atoms in total. The fourth-order valence-corrected chi connectivity index (χ4v) is 3.37. The summed E-state index contributed by atoms with van der Waals surface area (Å²) in [6, 6.07) is 12.5. The van der Waals surface area contributed by atoms with Crippen molar-refractivity contribution in [2.24, 2.45) is 0 Å². The summed E-state index contributed by atoms with van der Waals surface area (Å²) < 4.78 is 18.8. The maximum Gasteiger partial charge on any atom is 0.340 e. The summed E-state index contributed by atoms with van der Waals surface area (Å²) in [4.78, 5) is 43.1. The number of nitrogens with zero attached hydrogens (tertiary/aromatic N) is 2. The van der Waals surface area contributed by atoms with E-state index in [1.165, 1.54) is 30.0 Å². The van der Waals surface area contributed by atoms with Gasteiger partial charge < -0.3 is 10.1 Å². The standard InChI is InChI=1S/C22H18FN3O4/c1-12-16(9-14-7-8-15(23)10-18(14)24-12)22(29)30-13(2)21(28)26-11-20(27)25-17-5-3-4-6-19(17)26/h3-10,13H,11H2,1-2H3,(H,25,27)/t13-/m0/s1. The van der Waals surface area contributed by atoms with Crippen LogP contribution in [0.2, 0.25) is 0 Å². The number of ether oxygens (including phenoxy) is 1. The highest BCUT2D eigenvalue weighted by molar-refractivity contribution is 6.11. The molecule has 30 heavy (non-hydrogen) atoms. The molecule has 0 unspecified atom stereocenters. The largest absolute Gasteiger partial charge is 0.449 e. The van der Waals surface area contributed by atoms with Crippen LogP contribution in [-0.4, -0.2) is 35.4 Å². The fraction of sp³-hybridized carbons (Fsp3) is 0.182. The van der Waals surface area contributed by atoms with Crippen molar-refractivity contribution in [1.82, 2.24) is 4.98 Å². The zero-order chi connectivity index (χ0) is 21.4. The first-order valence-electron chi connectivity index (χ1n) is 9.31. The number of anilines is 2. The van der Waals surface area contributed by atoms with E-state index in [9.17, 15) is 18.8 Å². The average molecular weight is 407 g/mol. The molecular formula is C22H18FN3O4. The van der Waals surface area contributed by atoms with Gasteiger partial charge in [0, 0.05) is 11.5 Å². The van der Waals surface area contributed by atoms with Gasteiger partial charge in [0.05, 0.1) is 28.1 Å². The van der Waals surface area contributed by atoms with E-state index >= 15 is 0 Å². The van der Waals surface area contributed by atoms with E-state index in [0.717, 1.165) is 0 Å². The van der Waals surface area contributed by atoms with Crippen molar-refractivity contribution in [1.29, 1.82) is 0 Å². The molecule has 2 amide bonds. The number of aryl methyl sites for hydroxylation is 1. The zero-order valence-corrected chi connectivity index (χ0v) is 16.3. The van der Waals surface area contributed by atoms with Crippen LogP contribution >= 0.6 is 0 Å². The number of carbonyl (C=O) groups is 3. The van der Waals surface area contributed by atoms with E-state index in [4.69, 9.17) is 4.74 Å². The Balaban J connectivity index is 1.56. The number of aromatic nitrogens is 1. The average Bonchev–Trinajstić information content (AvgIpc) is 2.71. The Labute approximate surface area is 171 Å². The number of hydrogen-bond donors (Lipinski definition) is 1. The summed E-state index contributed by atoms with van der Waals surface area (Å²) in [6.07, 6.45) is -1.13. The maximum atomic E-state index is 13.4. The Kier molecular flexibility index (Phi) is 4.91. The normalized spacial score (nSPS) is 14.1. The van der Waals surface area contributed by atoms with Gasteiger partial charge in [-0.25, -0.2) is 9.18 Å². The first kappa shape index (κ1) is 19.5. The molecule has 3 aromatic rings. The van der Waals surface area contributed by atoms with Crippen LogP contribution in [0, 0.1) is 12.7 Å². The highest BCUT2D eigenvalue weighted by Crippen LogP contribution is 2.29. The van der Waals surface area contributed by atoms with Crippen LogP contribution in [0.5, 0.6) is 0 Å². The molecule has 1 aliphatic rings. The highest BCUT2D eigenvalue weighted by atomic mass is 19.1. The van der Waals surface area contributed by atoms with Crippen LogP contribution in [0.15, 0.2) is 48.5 Å². The lowest BCUT2D eigenvalue weighted by atomic mass is 10.1. The van der Waals surface area contributed by atoms with Crippen LogP contribution in [0.3, 0.4) is 0 Å². The molecule has 1 atom stereocenters. The minimum atomic E-state index is -1.13. The summed E-state index contributed by atoms with van der Waals surface area (Å²) >= 11 is 0. The van der Waals surface area contributed by atoms with Crippen LogP contribution in [-0.2, 0) is 14.3 Å². The summed E-state index contributed by atoms with van der Waals surface area (Å²) in [5, 5.41) is 3.28. The molecule has 0 radical (unpaired) electrons. The number of fused-ring (bicyclic) bond motifs is 2. The number of para-hydroxylation sites is 2. The lowest BCUT2D eigenvalue weighted by Crippen LogP contribution is -2.47. The third-order valence-electron chi connectivity index (χ3n) is 4.86. The molecule has 2 aromatic carbocycles. The molecule has 1 aromatic heterocycles. The molecule has 0 saturated heterocycles. The molecule has 4 rings (SSSR count). The van der Waals surface area contributed by atoms with Gasteiger partial charge in [-0.15, -0.1) is 0 Å². The monoisotopic (exact) mass is 407 g/mol. The van der Waals surface area contributed by atoms with E-state index in [0.29, 0.717) is 28.0 Å². The maximum absolute atomic E-state index is 13.4. The van der Waals surface area contributed by atoms with Gasteiger partial charge in [0.25, 0.3) is 5.91 Å². The summed E-state index contributed by atoms with van der Waals surface area (Å²) in [6.45, 7) is 2.90. The smallest absolute Gasteiger partial charge is 0.340 e. The lowest BCUT2D eigenvalue weighted by molar-refractivity contribution is -0.128. The number of nitrogens with one attached hydrogen (secondary N) is 1. The van der Waals surface area contributed by atoms with Gasteiger partial charge in [0.15, 0.2) is 6.10 Å². The lowest BCUT2D eigenvalue weighted by Gasteiger charge is -2.30. The van der Waals surface area contributed by atoms with E-state index in [-0.39, 0.29) is 18.0 Å². The molecule has 8 heteroatoms. The Morgan fingerprint density at radius 2 is 1.97 bits per heavy atom. The number of carbonyl (C=O) groups excluding carboxylic acids is 3. The molecule has 2 heterocycles. The molecule has 0 spiro atoms. The number of pyridine rings is 1. The second-order valence-electron chi connectivity index (χ2n) is 7.00. The van der Waals surface area contributed by atoms with Gasteiger partial charge in [-0.05, 0) is 44.2 Å². The van der Waals surface area contributed by atoms with Crippen molar-refractivity contribution in [2.45, 2.75) is 20.0 Å². The Morgan fingerprint density at radius 1 is 1.20 bits per heavy atom. The minimum absolute atomic E-state index is 0.167. The van der Waals surface area contributed by atoms with Gasteiger partial charge in [0.2, 0.25) is 5.91 Å². The number of benzene rings is 2. The van der Waals surface area contributed by atoms with Gasteiger partial charge in [-0.1, -0.05) is 12.1 Å². The van der Waals surface area contributed by atoms with Gasteiger partial charge in [0.1, 0.15) is 12.4 Å². The summed E-state index contributed by atoms with van der Waals surface area (Å²) in [5.74, 6) is -1.99. The number of rotatable bonds is 3. The molecule has 0 bridgehead atoms. The van der Waals surface area contributed by atoms with Crippen molar-refractivity contribution in [3.05, 3.63) is 65.6 Å². The summed E-state index contributed by atoms with van der Waals surface area (Å²) in [7, 11) is 0. The van der Waals surface area contributed by atoms with Crippen LogP contribution < -0.4 is 10.2 Å². The van der Waals surface area contributed by atoms with Crippen LogP contribution in [0.25, 0.3) is 10.9 Å². The topological polar surface area (TPSA) is 88.6 Å². The highest BCUT2D eigenvalue weighted by Gasteiger charge is 2.31. The predicted molar refractivity (Wildman–Crippen MR) is 109 cm³/mol. The number of hydrogen-bond acceptors (Lipinski definition) is 5. The second kappa shape index (κ2) is 7.55. The van der Waals surface area contributed by atoms with E-state index < -0.39 is 23.8 Å². The third kappa shape index (κ3) is 3.59. The molecule has 0 saturated carbocycles. The summed E-state index contributed by atoms with van der Waals surface area (Å²) in [5.41, 5.74) is 2.02. The minimum Gasteiger partial charge on any atom is -0.449 e. The van der Waals surface area contributed by atoms with E-state index in [1.807, 2.05) is 0 Å². The first-order valence-corrected chi connectivity index (χ1v) is 9.31. The quantitative estimate of drug-likeness (QED) is 0.674. The molecule has 152 valence electrons. The van der Waals surface area contributed by atoms with Crippen molar-refractivity contribution >= 4 is 40.1 Å². The molecule has 1 aliphatic heterocycles. The number of halogens is 1. The van der Waals surface area contributed by atoms with Gasteiger partial charge >= 0.3 is 5.97 Å². The first-order chi connectivity index (χ1) is 14.3. The van der Waals surface area contributed by atoms with Crippen LogP contribution in [0.1, 0.15) is 23.0 Å². The Hall–Kier alpha value is -3.81. The van der Waals surface area contributed by atoms with E-state index in [2.05, 4.69) is 10.3 Å².